The quantitative estimate of drug-likeness (QED) is 0.785. The maximum Gasteiger partial charge on any atom is 0.466 e. The Morgan fingerprint density at radius 1 is 0.714 bits per heavy atom. The third-order valence-corrected chi connectivity index (χ3v) is 4.70. The minimum absolute atomic E-state index is 0.246. The fourth-order valence-electron chi connectivity index (χ4n) is 1.85. The first-order valence-electron chi connectivity index (χ1n) is 5.65. The van der Waals surface area contributed by atoms with E-state index in [2.05, 4.69) is 7.81 Å². The summed E-state index contributed by atoms with van der Waals surface area (Å²) in [5, 5.41) is 0. The van der Waals surface area contributed by atoms with Crippen LogP contribution in [0.25, 0.3) is 11.1 Å². The highest BCUT2D eigenvalue weighted by Gasteiger charge is 2.34. The highest BCUT2D eigenvalue weighted by atomic mass is 32.3. The van der Waals surface area contributed by atoms with Gasteiger partial charge < -0.3 is 8.37 Å². The summed E-state index contributed by atoms with van der Waals surface area (Å²) >= 11 is 0. The molecule has 0 fully saturated rings. The summed E-state index contributed by atoms with van der Waals surface area (Å²) in [6.45, 7) is 0. The largest absolute Gasteiger partial charge is 0.466 e. The predicted molar refractivity (Wildman–Crippen MR) is 72.1 cm³/mol. The lowest BCUT2D eigenvalue weighted by atomic mass is 10.0. The zero-order valence-corrected chi connectivity index (χ0v) is 11.9. The average molecular weight is 328 g/mol. The van der Waals surface area contributed by atoms with Gasteiger partial charge in [-0.2, -0.15) is 16.8 Å². The van der Waals surface area contributed by atoms with Gasteiger partial charge in [-0.25, -0.2) is 0 Å². The van der Waals surface area contributed by atoms with E-state index in [1.807, 2.05) is 0 Å². The zero-order chi connectivity index (χ0) is 15.1. The number of rotatable bonds is 1. The highest BCUT2D eigenvalue weighted by molar-refractivity contribution is 7.95. The summed E-state index contributed by atoms with van der Waals surface area (Å²) < 4.78 is 59.0. The maximum absolute atomic E-state index is 11.5. The topological polar surface area (TPSA) is 96.0 Å². The molecule has 7 nitrogen and oxygen atoms in total. The van der Waals surface area contributed by atoms with Crippen LogP contribution < -0.4 is 8.37 Å². The zero-order valence-electron chi connectivity index (χ0n) is 10.3. The van der Waals surface area contributed by atoms with Crippen molar-refractivity contribution in [3.05, 3.63) is 48.5 Å². The van der Waals surface area contributed by atoms with Gasteiger partial charge in [0.25, 0.3) is 0 Å². The summed E-state index contributed by atoms with van der Waals surface area (Å²) in [6, 6.07) is 13.1. The van der Waals surface area contributed by atoms with E-state index >= 15 is 0 Å². The van der Waals surface area contributed by atoms with Crippen molar-refractivity contribution >= 4 is 20.8 Å². The van der Waals surface area contributed by atoms with Crippen molar-refractivity contribution in [3.8, 4) is 22.6 Å². The lowest BCUT2D eigenvalue weighted by Crippen LogP contribution is -2.18. The molecule has 9 heteroatoms. The van der Waals surface area contributed by atoms with Crippen LogP contribution in [0.1, 0.15) is 0 Å². The maximum atomic E-state index is 11.5. The first-order chi connectivity index (χ1) is 9.86. The molecule has 0 atom stereocenters. The summed E-state index contributed by atoms with van der Waals surface area (Å²) in [7, 11) is -9.54. The molecule has 0 aliphatic carbocycles. The summed E-state index contributed by atoms with van der Waals surface area (Å²) in [6.07, 6.45) is 0. The van der Waals surface area contributed by atoms with Crippen molar-refractivity contribution in [3.63, 3.8) is 0 Å². The van der Waals surface area contributed by atoms with Crippen molar-refractivity contribution in [2.75, 3.05) is 0 Å². The number of fused-ring (bicyclic) bond motifs is 1. The molecular formula is C12H8O7S2. The molecule has 0 radical (unpaired) electrons. The Morgan fingerprint density at radius 3 is 2.10 bits per heavy atom. The second kappa shape index (κ2) is 4.72. The summed E-state index contributed by atoms with van der Waals surface area (Å²) in [5.41, 5.74) is 0.991. The van der Waals surface area contributed by atoms with Crippen molar-refractivity contribution in [1.29, 1.82) is 0 Å². The molecule has 0 bridgehead atoms. The van der Waals surface area contributed by atoms with Gasteiger partial charge >= 0.3 is 20.8 Å². The standard InChI is InChI=1S/C12H8O7S2/c13-20(14)17-11-8-4-7-10(9-5-2-1-3-6-9)12(11)18-21(15,16)19-20/h1-8H. The van der Waals surface area contributed by atoms with Crippen LogP contribution in [0.2, 0.25) is 0 Å². The Kier molecular flexibility index (Phi) is 3.12. The molecule has 0 saturated heterocycles. The first kappa shape index (κ1) is 13.9. The Morgan fingerprint density at radius 2 is 1.38 bits per heavy atom. The number of benzene rings is 2. The van der Waals surface area contributed by atoms with Crippen molar-refractivity contribution < 1.29 is 28.8 Å². The fraction of sp³-hybridized carbons (Fsp3) is 0. The molecule has 0 aromatic heterocycles. The molecular weight excluding hydrogens is 320 g/mol. The third kappa shape index (κ3) is 2.84. The Hall–Kier alpha value is -2.10. The van der Waals surface area contributed by atoms with E-state index in [1.54, 1.807) is 36.4 Å². The third-order valence-electron chi connectivity index (χ3n) is 2.61. The van der Waals surface area contributed by atoms with Crippen LogP contribution in [0, 0.1) is 0 Å². The molecule has 0 amide bonds. The molecule has 0 saturated carbocycles. The molecule has 3 rings (SSSR count). The highest BCUT2D eigenvalue weighted by Crippen LogP contribution is 2.41. The first-order valence-corrected chi connectivity index (χ1v) is 8.31. The van der Waals surface area contributed by atoms with Crippen LogP contribution in [0.15, 0.2) is 48.5 Å². The van der Waals surface area contributed by atoms with Gasteiger partial charge in [-0.05, 0) is 11.6 Å². The molecule has 0 N–H and O–H groups in total. The van der Waals surface area contributed by atoms with E-state index in [0.29, 0.717) is 11.1 Å². The monoisotopic (exact) mass is 328 g/mol. The van der Waals surface area contributed by atoms with Gasteiger partial charge in [0.1, 0.15) is 0 Å². The second-order valence-electron chi connectivity index (χ2n) is 4.05. The van der Waals surface area contributed by atoms with Gasteiger partial charge in [0.15, 0.2) is 11.5 Å². The van der Waals surface area contributed by atoms with Crippen molar-refractivity contribution in [2.24, 2.45) is 0 Å². The average Bonchev–Trinajstić information content (AvgIpc) is 2.49. The Bertz CT molecular complexity index is 886. The van der Waals surface area contributed by atoms with E-state index in [0.717, 1.165) is 0 Å². The normalized spacial score (nSPS) is 18.7. The van der Waals surface area contributed by atoms with Crippen LogP contribution in [-0.4, -0.2) is 16.8 Å². The molecule has 0 spiro atoms. The molecule has 1 aliphatic heterocycles. The van der Waals surface area contributed by atoms with E-state index < -0.39 is 20.8 Å². The molecule has 21 heavy (non-hydrogen) atoms. The van der Waals surface area contributed by atoms with Gasteiger partial charge in [0, 0.05) is 5.56 Å². The molecule has 2 aromatic rings. The van der Waals surface area contributed by atoms with Crippen LogP contribution in [0.4, 0.5) is 0 Å². The van der Waals surface area contributed by atoms with Gasteiger partial charge in [-0.15, -0.1) is 0 Å². The van der Waals surface area contributed by atoms with Gasteiger partial charge in [0.2, 0.25) is 0 Å². The Labute approximate surface area is 121 Å². The van der Waals surface area contributed by atoms with Crippen LogP contribution in [0.5, 0.6) is 11.5 Å². The van der Waals surface area contributed by atoms with E-state index in [1.165, 1.54) is 12.1 Å². The minimum atomic E-state index is -4.78. The SMILES string of the molecule is O=S1(=O)Oc2cccc(-c3ccccc3)c2OS(=O)(=O)O1. The Balaban J connectivity index is 2.25. The molecule has 1 heterocycles. The van der Waals surface area contributed by atoms with E-state index in [-0.39, 0.29) is 11.5 Å². The summed E-state index contributed by atoms with van der Waals surface area (Å²) in [4.78, 5) is 0. The van der Waals surface area contributed by atoms with Gasteiger partial charge in [-0.3, -0.25) is 0 Å². The number of para-hydroxylation sites is 1. The predicted octanol–water partition coefficient (Wildman–Crippen LogP) is 1.63. The van der Waals surface area contributed by atoms with Gasteiger partial charge in [-0.1, -0.05) is 46.1 Å². The number of hydrogen-bond acceptors (Lipinski definition) is 7. The summed E-state index contributed by atoms with van der Waals surface area (Å²) in [5.74, 6) is -0.512. The van der Waals surface area contributed by atoms with Crippen molar-refractivity contribution in [1.82, 2.24) is 0 Å². The van der Waals surface area contributed by atoms with Crippen LogP contribution in [0.3, 0.4) is 0 Å². The van der Waals surface area contributed by atoms with E-state index in [9.17, 15) is 16.8 Å². The molecule has 2 aromatic carbocycles. The lowest BCUT2D eigenvalue weighted by molar-refractivity contribution is 0.373. The van der Waals surface area contributed by atoms with Crippen LogP contribution >= 0.6 is 0 Å². The smallest absolute Gasteiger partial charge is 0.357 e. The molecule has 0 unspecified atom stereocenters. The van der Waals surface area contributed by atoms with Crippen LogP contribution in [-0.2, 0) is 24.4 Å². The molecule has 110 valence electrons. The van der Waals surface area contributed by atoms with Crippen molar-refractivity contribution in [2.45, 2.75) is 0 Å². The fourth-order valence-corrected chi connectivity index (χ4v) is 3.62. The van der Waals surface area contributed by atoms with E-state index in [4.69, 9.17) is 4.18 Å². The second-order valence-corrected chi connectivity index (χ2v) is 6.56. The minimum Gasteiger partial charge on any atom is -0.357 e. The van der Waals surface area contributed by atoms with Gasteiger partial charge in [0.05, 0.1) is 0 Å². The number of hydrogen-bond donors (Lipinski definition) is 0. The lowest BCUT2D eigenvalue weighted by Gasteiger charge is -2.09. The molecule has 1 aliphatic rings.